The van der Waals surface area contributed by atoms with Gasteiger partial charge >= 0.3 is 6.18 Å². The molecule has 0 spiro atoms. The molecule has 1 aromatic heterocycles. The van der Waals surface area contributed by atoms with Gasteiger partial charge in [0.15, 0.2) is 0 Å². The predicted octanol–water partition coefficient (Wildman–Crippen LogP) is 5.63. The molecule has 2 N–H and O–H groups in total. The average molecular weight is 408 g/mol. The molecule has 0 bridgehead atoms. The molecule has 30 heavy (non-hydrogen) atoms. The molecule has 0 atom stereocenters. The summed E-state index contributed by atoms with van der Waals surface area (Å²) in [5.74, 6) is 0. The molecular formula is C24H19F3N2O. The van der Waals surface area contributed by atoms with E-state index < -0.39 is 23.0 Å². The maximum absolute atomic E-state index is 13.5. The van der Waals surface area contributed by atoms with Crippen LogP contribution in [0.4, 0.5) is 18.9 Å². The molecule has 152 valence electrons. The van der Waals surface area contributed by atoms with E-state index in [4.69, 9.17) is 5.73 Å². The van der Waals surface area contributed by atoms with E-state index in [2.05, 4.69) is 0 Å². The zero-order chi connectivity index (χ0) is 21.5. The average Bonchev–Trinajstić information content (AvgIpc) is 2.71. The lowest BCUT2D eigenvalue weighted by Gasteiger charge is -2.19. The number of nitrogens with zero attached hydrogens (tertiary/aromatic N) is 1. The van der Waals surface area contributed by atoms with Crippen molar-refractivity contribution in [3.63, 3.8) is 0 Å². The number of nitrogens with two attached hydrogens (primary N) is 1. The molecule has 0 aliphatic carbocycles. The van der Waals surface area contributed by atoms with Crippen LogP contribution in [0.2, 0.25) is 0 Å². The van der Waals surface area contributed by atoms with Gasteiger partial charge in [-0.3, -0.25) is 4.79 Å². The molecule has 0 amide bonds. The normalized spacial score (nSPS) is 11.7. The van der Waals surface area contributed by atoms with Crippen LogP contribution in [0.1, 0.15) is 16.7 Å². The van der Waals surface area contributed by atoms with Crippen LogP contribution in [0.3, 0.4) is 0 Å². The van der Waals surface area contributed by atoms with Gasteiger partial charge in [-0.2, -0.15) is 13.2 Å². The number of hydrogen-bond donors (Lipinski definition) is 1. The number of benzene rings is 3. The minimum Gasteiger partial charge on any atom is -0.394 e. The van der Waals surface area contributed by atoms with Crippen molar-refractivity contribution in [1.29, 1.82) is 0 Å². The van der Waals surface area contributed by atoms with Crippen molar-refractivity contribution in [3.05, 3.63) is 99.8 Å². The highest BCUT2D eigenvalue weighted by Crippen LogP contribution is 2.35. The number of halogens is 3. The number of rotatable bonds is 3. The summed E-state index contributed by atoms with van der Waals surface area (Å²) < 4.78 is 41.9. The van der Waals surface area contributed by atoms with E-state index in [-0.39, 0.29) is 12.2 Å². The SMILES string of the molecule is Cc1cccc(-c2cc(C(F)(F)F)c(N)c(=O)n2Cc2cccc3ccccc23)c1. The fourth-order valence-electron chi connectivity index (χ4n) is 3.70. The first-order valence-electron chi connectivity index (χ1n) is 9.40. The van der Waals surface area contributed by atoms with Gasteiger partial charge in [0.05, 0.1) is 17.8 Å². The van der Waals surface area contributed by atoms with Gasteiger partial charge in [-0.25, -0.2) is 0 Å². The molecule has 0 unspecified atom stereocenters. The van der Waals surface area contributed by atoms with Crippen LogP contribution in [-0.2, 0) is 12.7 Å². The second-order valence-electron chi connectivity index (χ2n) is 7.25. The Morgan fingerprint density at radius 1 is 0.933 bits per heavy atom. The lowest BCUT2D eigenvalue weighted by molar-refractivity contribution is -0.137. The number of pyridine rings is 1. The van der Waals surface area contributed by atoms with Gasteiger partial charge in [0.1, 0.15) is 5.69 Å². The van der Waals surface area contributed by atoms with Crippen molar-refractivity contribution in [2.45, 2.75) is 19.6 Å². The van der Waals surface area contributed by atoms with E-state index >= 15 is 0 Å². The molecule has 3 aromatic carbocycles. The Morgan fingerprint density at radius 2 is 1.63 bits per heavy atom. The molecule has 0 radical (unpaired) electrons. The zero-order valence-electron chi connectivity index (χ0n) is 16.2. The van der Waals surface area contributed by atoms with Crippen molar-refractivity contribution in [2.75, 3.05) is 5.73 Å². The van der Waals surface area contributed by atoms with Crippen LogP contribution in [-0.4, -0.2) is 4.57 Å². The Hall–Kier alpha value is -3.54. The minimum atomic E-state index is -4.72. The number of alkyl halides is 3. The molecular weight excluding hydrogens is 389 g/mol. The van der Waals surface area contributed by atoms with Gasteiger partial charge in [0.2, 0.25) is 0 Å². The van der Waals surface area contributed by atoms with Crippen LogP contribution < -0.4 is 11.3 Å². The first-order valence-corrected chi connectivity index (χ1v) is 9.40. The largest absolute Gasteiger partial charge is 0.418 e. The maximum Gasteiger partial charge on any atom is 0.418 e. The van der Waals surface area contributed by atoms with E-state index in [0.29, 0.717) is 5.56 Å². The Kier molecular flexibility index (Phi) is 4.86. The Balaban J connectivity index is 1.98. The van der Waals surface area contributed by atoms with Crippen LogP contribution in [0.15, 0.2) is 77.6 Å². The summed E-state index contributed by atoms with van der Waals surface area (Å²) in [6.07, 6.45) is -4.72. The van der Waals surface area contributed by atoms with Gasteiger partial charge in [-0.1, -0.05) is 66.2 Å². The third-order valence-corrected chi connectivity index (χ3v) is 5.17. The number of aromatic nitrogens is 1. The smallest absolute Gasteiger partial charge is 0.394 e. The number of anilines is 1. The monoisotopic (exact) mass is 408 g/mol. The molecule has 0 aliphatic rings. The summed E-state index contributed by atoms with van der Waals surface area (Å²) in [7, 11) is 0. The van der Waals surface area contributed by atoms with E-state index in [1.54, 1.807) is 18.2 Å². The number of nitrogen functional groups attached to an aromatic ring is 1. The molecule has 4 rings (SSSR count). The standard InChI is InChI=1S/C24H19F3N2O/c1-15-6-4-9-17(12-15)21-13-20(24(25,26)27)22(28)23(30)29(21)14-18-10-5-8-16-7-2-3-11-19(16)18/h2-13H,14,28H2,1H3. The third-order valence-electron chi connectivity index (χ3n) is 5.17. The molecule has 4 aromatic rings. The number of hydrogen-bond acceptors (Lipinski definition) is 2. The van der Waals surface area contributed by atoms with Crippen molar-refractivity contribution >= 4 is 16.5 Å². The van der Waals surface area contributed by atoms with Gasteiger partial charge in [-0.05, 0) is 41.0 Å². The lowest BCUT2D eigenvalue weighted by atomic mass is 10.0. The van der Waals surface area contributed by atoms with Gasteiger partial charge < -0.3 is 10.3 Å². The minimum absolute atomic E-state index is 0.103. The predicted molar refractivity (Wildman–Crippen MR) is 113 cm³/mol. The second kappa shape index (κ2) is 7.37. The zero-order valence-corrected chi connectivity index (χ0v) is 16.2. The van der Waals surface area contributed by atoms with E-state index in [1.165, 1.54) is 4.57 Å². The van der Waals surface area contributed by atoms with E-state index in [9.17, 15) is 18.0 Å². The van der Waals surface area contributed by atoms with Crippen molar-refractivity contribution in [3.8, 4) is 11.3 Å². The van der Waals surface area contributed by atoms with E-state index in [1.807, 2.05) is 55.5 Å². The first-order chi connectivity index (χ1) is 14.3. The van der Waals surface area contributed by atoms with Gasteiger partial charge in [-0.15, -0.1) is 0 Å². The topological polar surface area (TPSA) is 48.0 Å². The summed E-state index contributed by atoms with van der Waals surface area (Å²) in [6.45, 7) is 1.95. The van der Waals surface area contributed by atoms with Gasteiger partial charge in [0.25, 0.3) is 5.56 Å². The fraction of sp³-hybridized carbons (Fsp3) is 0.125. The summed E-state index contributed by atoms with van der Waals surface area (Å²) in [6, 6.07) is 21.4. The van der Waals surface area contributed by atoms with E-state index in [0.717, 1.165) is 28.0 Å². The van der Waals surface area contributed by atoms with Crippen molar-refractivity contribution < 1.29 is 13.2 Å². The molecule has 3 nitrogen and oxygen atoms in total. The fourth-order valence-corrected chi connectivity index (χ4v) is 3.70. The maximum atomic E-state index is 13.5. The number of aryl methyl sites for hydroxylation is 1. The highest BCUT2D eigenvalue weighted by atomic mass is 19.4. The summed E-state index contributed by atoms with van der Waals surface area (Å²) in [5, 5.41) is 1.92. The Bertz CT molecular complexity index is 1300. The molecule has 0 aliphatic heterocycles. The highest BCUT2D eigenvalue weighted by molar-refractivity contribution is 5.85. The quantitative estimate of drug-likeness (QED) is 0.478. The summed E-state index contributed by atoms with van der Waals surface area (Å²) >= 11 is 0. The Labute approximate surface area is 171 Å². The van der Waals surface area contributed by atoms with Crippen LogP contribution in [0, 0.1) is 6.92 Å². The molecule has 0 saturated heterocycles. The summed E-state index contributed by atoms with van der Waals surface area (Å²) in [5.41, 5.74) is 5.31. The lowest BCUT2D eigenvalue weighted by Crippen LogP contribution is -2.28. The van der Waals surface area contributed by atoms with Gasteiger partial charge in [0, 0.05) is 0 Å². The number of fused-ring (bicyclic) bond motifs is 1. The Morgan fingerprint density at radius 3 is 2.37 bits per heavy atom. The highest BCUT2D eigenvalue weighted by Gasteiger charge is 2.35. The molecule has 0 saturated carbocycles. The molecule has 1 heterocycles. The third kappa shape index (κ3) is 3.56. The molecule has 0 fully saturated rings. The van der Waals surface area contributed by atoms with Crippen LogP contribution >= 0.6 is 0 Å². The van der Waals surface area contributed by atoms with Crippen molar-refractivity contribution in [2.24, 2.45) is 0 Å². The second-order valence-corrected chi connectivity index (χ2v) is 7.25. The van der Waals surface area contributed by atoms with Crippen LogP contribution in [0.25, 0.3) is 22.0 Å². The molecule has 6 heteroatoms. The van der Waals surface area contributed by atoms with Crippen LogP contribution in [0.5, 0.6) is 0 Å². The summed E-state index contributed by atoms with van der Waals surface area (Å²) in [4.78, 5) is 13.0. The first kappa shape index (κ1) is 19.8. The van der Waals surface area contributed by atoms with Crippen molar-refractivity contribution in [1.82, 2.24) is 4.57 Å².